The van der Waals surface area contributed by atoms with Crippen LogP contribution in [0.4, 0.5) is 0 Å². The molecule has 0 aromatic carbocycles. The Morgan fingerprint density at radius 1 is 1.06 bits per heavy atom. The fraction of sp³-hybridized carbons (Fsp3) is 0.500. The molecule has 5 heteroatoms. The summed E-state index contributed by atoms with van der Waals surface area (Å²) in [5.41, 5.74) is 0. The van der Waals surface area contributed by atoms with E-state index in [1.807, 2.05) is 0 Å². The second kappa shape index (κ2) is 6.85. The highest BCUT2D eigenvalue weighted by Crippen LogP contribution is 2.21. The Bertz CT molecular complexity index is 280. The van der Waals surface area contributed by atoms with E-state index in [0.29, 0.717) is 13.2 Å². The molecule has 0 aromatic heterocycles. The molecule has 17 heavy (non-hydrogen) atoms. The van der Waals surface area contributed by atoms with Crippen LogP contribution in [-0.2, 0) is 23.8 Å². The molecule has 1 aliphatic heterocycles. The van der Waals surface area contributed by atoms with Crippen molar-refractivity contribution in [3.8, 4) is 0 Å². The van der Waals surface area contributed by atoms with Gasteiger partial charge in [-0.05, 0) is 0 Å². The van der Waals surface area contributed by atoms with Gasteiger partial charge in [0.15, 0.2) is 0 Å². The molecule has 0 N–H and O–H groups in total. The fourth-order valence-corrected chi connectivity index (χ4v) is 1.51. The van der Waals surface area contributed by atoms with Crippen molar-refractivity contribution in [3.05, 3.63) is 25.3 Å². The summed E-state index contributed by atoms with van der Waals surface area (Å²) in [6.45, 7) is 8.12. The molecule has 0 aliphatic carbocycles. The van der Waals surface area contributed by atoms with Gasteiger partial charge in [-0.3, -0.25) is 0 Å². The zero-order valence-corrected chi connectivity index (χ0v) is 9.59. The normalized spacial score (nSPS) is 22.8. The number of carbonyl (C=O) groups excluding carboxylic acids is 2. The zero-order chi connectivity index (χ0) is 12.7. The monoisotopic (exact) mass is 240 g/mol. The maximum Gasteiger partial charge on any atom is 0.330 e. The maximum absolute atomic E-state index is 10.9. The van der Waals surface area contributed by atoms with E-state index >= 15 is 0 Å². The molecule has 94 valence electrons. The predicted molar refractivity (Wildman–Crippen MR) is 60.1 cm³/mol. The summed E-state index contributed by atoms with van der Waals surface area (Å²) < 4.78 is 15.1. The molecule has 5 nitrogen and oxygen atoms in total. The highest BCUT2D eigenvalue weighted by atomic mass is 16.5. The first kappa shape index (κ1) is 13.4. The molecule has 0 spiro atoms. The van der Waals surface area contributed by atoms with Gasteiger partial charge in [-0.15, -0.1) is 0 Å². The number of esters is 2. The standard InChI is InChI=1S/C12H16O5/c1-3-11(13)16-7-9-5-15-6-10(9)8-17-12(14)4-2/h3-4,9-10H,1-2,5-8H2. The Balaban J connectivity index is 2.33. The molecule has 0 amide bonds. The van der Waals surface area contributed by atoms with E-state index in [1.54, 1.807) is 0 Å². The molecular weight excluding hydrogens is 224 g/mol. The molecule has 1 heterocycles. The lowest BCUT2D eigenvalue weighted by Gasteiger charge is -2.16. The second-order valence-electron chi connectivity index (χ2n) is 3.73. The minimum atomic E-state index is -0.460. The smallest absolute Gasteiger partial charge is 0.330 e. The third-order valence-corrected chi connectivity index (χ3v) is 2.54. The Labute approximate surface area is 100 Å². The maximum atomic E-state index is 10.9. The number of rotatable bonds is 6. The molecule has 0 saturated carbocycles. The van der Waals surface area contributed by atoms with Gasteiger partial charge in [-0.1, -0.05) is 13.2 Å². The molecule has 0 radical (unpaired) electrons. The quantitative estimate of drug-likeness (QED) is 0.505. The van der Waals surface area contributed by atoms with Crippen molar-refractivity contribution in [2.75, 3.05) is 26.4 Å². The van der Waals surface area contributed by atoms with Gasteiger partial charge in [0.05, 0.1) is 26.4 Å². The summed E-state index contributed by atoms with van der Waals surface area (Å²) in [6.07, 6.45) is 2.23. The van der Waals surface area contributed by atoms with Gasteiger partial charge in [-0.25, -0.2) is 9.59 Å². The number of hydrogen-bond donors (Lipinski definition) is 0. The summed E-state index contributed by atoms with van der Waals surface area (Å²) in [5, 5.41) is 0. The van der Waals surface area contributed by atoms with Crippen molar-refractivity contribution >= 4 is 11.9 Å². The van der Waals surface area contributed by atoms with Crippen molar-refractivity contribution < 1.29 is 23.8 Å². The van der Waals surface area contributed by atoms with E-state index in [2.05, 4.69) is 13.2 Å². The van der Waals surface area contributed by atoms with Crippen LogP contribution in [0.2, 0.25) is 0 Å². The molecule has 1 rings (SSSR count). The molecular formula is C12H16O5. The minimum absolute atomic E-state index is 0.0523. The molecule has 1 saturated heterocycles. The summed E-state index contributed by atoms with van der Waals surface area (Å²) in [4.78, 5) is 21.8. The molecule has 1 fully saturated rings. The Morgan fingerprint density at radius 2 is 1.47 bits per heavy atom. The summed E-state index contributed by atoms with van der Waals surface area (Å²) in [5.74, 6) is -0.814. The van der Waals surface area contributed by atoms with Crippen molar-refractivity contribution in [2.24, 2.45) is 11.8 Å². The lowest BCUT2D eigenvalue weighted by atomic mass is 9.98. The minimum Gasteiger partial charge on any atom is -0.462 e. The third kappa shape index (κ3) is 4.40. The van der Waals surface area contributed by atoms with Crippen LogP contribution in [0, 0.1) is 11.8 Å². The highest BCUT2D eigenvalue weighted by molar-refractivity contribution is 5.81. The van der Waals surface area contributed by atoms with Gasteiger partial charge in [0, 0.05) is 24.0 Å². The van der Waals surface area contributed by atoms with E-state index in [4.69, 9.17) is 14.2 Å². The summed E-state index contributed by atoms with van der Waals surface area (Å²) in [6, 6.07) is 0. The lowest BCUT2D eigenvalue weighted by molar-refractivity contribution is -0.142. The van der Waals surface area contributed by atoms with Gasteiger partial charge in [0.2, 0.25) is 0 Å². The largest absolute Gasteiger partial charge is 0.462 e. The number of hydrogen-bond acceptors (Lipinski definition) is 5. The third-order valence-electron chi connectivity index (χ3n) is 2.54. The summed E-state index contributed by atoms with van der Waals surface area (Å²) in [7, 11) is 0. The van der Waals surface area contributed by atoms with Crippen LogP contribution >= 0.6 is 0 Å². The topological polar surface area (TPSA) is 61.8 Å². The number of carbonyl (C=O) groups is 2. The SMILES string of the molecule is C=CC(=O)OCC1COCC1COC(=O)C=C. The lowest BCUT2D eigenvalue weighted by Crippen LogP contribution is -2.24. The molecule has 2 unspecified atom stereocenters. The van der Waals surface area contributed by atoms with Crippen LogP contribution in [0.3, 0.4) is 0 Å². The van der Waals surface area contributed by atoms with Gasteiger partial charge >= 0.3 is 11.9 Å². The first-order valence-corrected chi connectivity index (χ1v) is 5.33. The van der Waals surface area contributed by atoms with Crippen LogP contribution < -0.4 is 0 Å². The Morgan fingerprint density at radius 3 is 1.82 bits per heavy atom. The summed E-state index contributed by atoms with van der Waals surface area (Å²) >= 11 is 0. The van der Waals surface area contributed by atoms with E-state index in [1.165, 1.54) is 0 Å². The molecule has 1 aliphatic rings. The average molecular weight is 240 g/mol. The van der Waals surface area contributed by atoms with E-state index in [0.717, 1.165) is 12.2 Å². The first-order chi connectivity index (χ1) is 8.17. The first-order valence-electron chi connectivity index (χ1n) is 5.33. The van der Waals surface area contributed by atoms with E-state index < -0.39 is 11.9 Å². The van der Waals surface area contributed by atoms with Crippen molar-refractivity contribution in [2.45, 2.75) is 0 Å². The van der Waals surface area contributed by atoms with Gasteiger partial charge in [-0.2, -0.15) is 0 Å². The Hall–Kier alpha value is -1.62. The fourth-order valence-electron chi connectivity index (χ4n) is 1.51. The van der Waals surface area contributed by atoms with E-state index in [9.17, 15) is 9.59 Å². The molecule has 2 atom stereocenters. The van der Waals surface area contributed by atoms with Crippen LogP contribution in [0.5, 0.6) is 0 Å². The van der Waals surface area contributed by atoms with Gasteiger partial charge < -0.3 is 14.2 Å². The predicted octanol–water partition coefficient (Wildman–Crippen LogP) is 0.707. The molecule has 0 bridgehead atoms. The second-order valence-corrected chi connectivity index (χ2v) is 3.73. The highest BCUT2D eigenvalue weighted by Gasteiger charge is 2.30. The number of ether oxygens (including phenoxy) is 3. The van der Waals surface area contributed by atoms with Crippen molar-refractivity contribution in [1.29, 1.82) is 0 Å². The zero-order valence-electron chi connectivity index (χ0n) is 9.59. The van der Waals surface area contributed by atoms with Crippen LogP contribution in [-0.4, -0.2) is 38.4 Å². The van der Waals surface area contributed by atoms with Crippen molar-refractivity contribution in [3.63, 3.8) is 0 Å². The van der Waals surface area contributed by atoms with Crippen molar-refractivity contribution in [1.82, 2.24) is 0 Å². The van der Waals surface area contributed by atoms with Crippen LogP contribution in [0.15, 0.2) is 25.3 Å². The molecule has 0 aromatic rings. The van der Waals surface area contributed by atoms with Crippen LogP contribution in [0.1, 0.15) is 0 Å². The van der Waals surface area contributed by atoms with Gasteiger partial charge in [0.1, 0.15) is 0 Å². The van der Waals surface area contributed by atoms with Gasteiger partial charge in [0.25, 0.3) is 0 Å². The van der Waals surface area contributed by atoms with Crippen LogP contribution in [0.25, 0.3) is 0 Å². The van der Waals surface area contributed by atoms with E-state index in [-0.39, 0.29) is 25.0 Å². The average Bonchev–Trinajstić information content (AvgIpc) is 2.80. The Kier molecular flexibility index (Phi) is 5.42.